The van der Waals surface area contributed by atoms with Crippen LogP contribution in [0, 0.1) is 3.57 Å². The van der Waals surface area contributed by atoms with Gasteiger partial charge in [-0.3, -0.25) is 14.4 Å². The molecule has 2 amide bonds. The van der Waals surface area contributed by atoms with Gasteiger partial charge in [0.2, 0.25) is 5.91 Å². The standard InChI is InChI=1S/C30H32F3IN2O7/c1-42-25-13-17(16-38)12-22(34)27(25)43-24-15-19(28(40)35-10-11-37)14-23(26(24)39)36(21-4-2-3-5-21)29(41)18-6-8-20(9-7-18)30(31,32)33/h6-9,12-13,15-16,21,23-24,26,37,39H,2-5,10-11,14H2,1H3,(H,35,40)/t23-,24+,26+/m1/s1. The second-order valence-corrected chi connectivity index (χ2v) is 11.6. The first kappa shape index (κ1) is 32.7. The molecule has 1 saturated carbocycles. The number of halogens is 4. The quantitative estimate of drug-likeness (QED) is 0.250. The summed E-state index contributed by atoms with van der Waals surface area (Å²) in [6.45, 7) is -0.325. The van der Waals surface area contributed by atoms with Crippen molar-refractivity contribution >= 4 is 40.7 Å². The van der Waals surface area contributed by atoms with E-state index in [-0.39, 0.29) is 48.2 Å². The number of carbonyl (C=O) groups excluding carboxylic acids is 3. The van der Waals surface area contributed by atoms with Crippen molar-refractivity contribution in [2.75, 3.05) is 20.3 Å². The minimum absolute atomic E-state index is 0.0195. The molecule has 0 unspecified atom stereocenters. The fraction of sp³-hybridized carbons (Fsp3) is 0.433. The van der Waals surface area contributed by atoms with Crippen LogP contribution in [0.25, 0.3) is 0 Å². The Morgan fingerprint density at radius 3 is 2.42 bits per heavy atom. The highest BCUT2D eigenvalue weighted by Gasteiger charge is 2.44. The van der Waals surface area contributed by atoms with E-state index in [0.29, 0.717) is 28.3 Å². The van der Waals surface area contributed by atoms with E-state index in [0.717, 1.165) is 37.1 Å². The molecule has 232 valence electrons. The molecular formula is C30H32F3IN2O7. The van der Waals surface area contributed by atoms with Crippen LogP contribution in [0.1, 0.15) is 58.4 Å². The molecule has 3 atom stereocenters. The molecule has 9 nitrogen and oxygen atoms in total. The highest BCUT2D eigenvalue weighted by molar-refractivity contribution is 14.1. The number of hydrogen-bond donors (Lipinski definition) is 3. The van der Waals surface area contributed by atoms with Gasteiger partial charge in [0.05, 0.1) is 28.9 Å². The number of benzene rings is 2. The summed E-state index contributed by atoms with van der Waals surface area (Å²) in [7, 11) is 1.39. The fourth-order valence-corrected chi connectivity index (χ4v) is 6.28. The highest BCUT2D eigenvalue weighted by atomic mass is 127. The summed E-state index contributed by atoms with van der Waals surface area (Å²) in [5.74, 6) is -0.656. The molecule has 2 aliphatic carbocycles. The lowest BCUT2D eigenvalue weighted by molar-refractivity contribution is -0.137. The van der Waals surface area contributed by atoms with E-state index in [2.05, 4.69) is 5.32 Å². The first-order chi connectivity index (χ1) is 20.5. The van der Waals surface area contributed by atoms with E-state index in [4.69, 9.17) is 9.47 Å². The van der Waals surface area contributed by atoms with Crippen molar-refractivity contribution in [1.29, 1.82) is 0 Å². The molecule has 0 heterocycles. The smallest absolute Gasteiger partial charge is 0.416 e. The number of methoxy groups -OCH3 is 1. The molecule has 2 aliphatic rings. The summed E-state index contributed by atoms with van der Waals surface area (Å²) in [4.78, 5) is 39.9. The van der Waals surface area contributed by atoms with Crippen LogP contribution in [0.2, 0.25) is 0 Å². The first-order valence-electron chi connectivity index (χ1n) is 13.8. The van der Waals surface area contributed by atoms with Gasteiger partial charge in [-0.1, -0.05) is 12.8 Å². The minimum Gasteiger partial charge on any atom is -0.493 e. The molecule has 2 aromatic carbocycles. The van der Waals surface area contributed by atoms with Crippen LogP contribution in [0.15, 0.2) is 48.0 Å². The molecular weight excluding hydrogens is 684 g/mol. The van der Waals surface area contributed by atoms with E-state index in [1.54, 1.807) is 6.07 Å². The highest BCUT2D eigenvalue weighted by Crippen LogP contribution is 2.38. The summed E-state index contributed by atoms with van der Waals surface area (Å²) in [6, 6.07) is 5.65. The maximum Gasteiger partial charge on any atom is 0.416 e. The molecule has 13 heteroatoms. The monoisotopic (exact) mass is 716 g/mol. The number of carbonyl (C=O) groups is 3. The molecule has 4 rings (SSSR count). The van der Waals surface area contributed by atoms with Gasteiger partial charge in [-0.05, 0) is 77.9 Å². The van der Waals surface area contributed by atoms with Gasteiger partial charge in [0.25, 0.3) is 5.91 Å². The van der Waals surface area contributed by atoms with E-state index in [9.17, 15) is 37.8 Å². The van der Waals surface area contributed by atoms with Gasteiger partial charge in [-0.2, -0.15) is 13.2 Å². The number of aliphatic hydroxyl groups is 2. The van der Waals surface area contributed by atoms with E-state index in [1.807, 2.05) is 22.6 Å². The Labute approximate surface area is 260 Å². The van der Waals surface area contributed by atoms with Crippen molar-refractivity contribution in [2.24, 2.45) is 0 Å². The number of nitrogens with zero attached hydrogens (tertiary/aromatic N) is 1. The molecule has 0 bridgehead atoms. The number of alkyl halides is 3. The lowest BCUT2D eigenvalue weighted by Crippen LogP contribution is -2.57. The van der Waals surface area contributed by atoms with Crippen molar-refractivity contribution in [3.63, 3.8) is 0 Å². The van der Waals surface area contributed by atoms with Crippen LogP contribution < -0.4 is 14.8 Å². The van der Waals surface area contributed by atoms with Crippen LogP contribution in [0.4, 0.5) is 13.2 Å². The number of rotatable bonds is 10. The van der Waals surface area contributed by atoms with Gasteiger partial charge < -0.3 is 29.9 Å². The average Bonchev–Trinajstić information content (AvgIpc) is 3.52. The lowest BCUT2D eigenvalue weighted by Gasteiger charge is -2.43. The minimum atomic E-state index is -4.57. The summed E-state index contributed by atoms with van der Waals surface area (Å²) in [6.07, 6.45) is -2.14. The maximum atomic E-state index is 14.0. The Morgan fingerprint density at radius 2 is 1.84 bits per heavy atom. The molecule has 1 fully saturated rings. The molecule has 2 aromatic rings. The zero-order chi connectivity index (χ0) is 31.3. The third-order valence-corrected chi connectivity index (χ3v) is 8.43. The Bertz CT molecular complexity index is 1360. The van der Waals surface area contributed by atoms with Crippen LogP contribution in [-0.4, -0.2) is 77.8 Å². The molecule has 0 saturated heterocycles. The third kappa shape index (κ3) is 7.50. The largest absolute Gasteiger partial charge is 0.493 e. The Morgan fingerprint density at radius 1 is 1.16 bits per heavy atom. The second-order valence-electron chi connectivity index (χ2n) is 10.4. The fourth-order valence-electron chi connectivity index (χ4n) is 5.53. The van der Waals surface area contributed by atoms with Crippen LogP contribution in [0.5, 0.6) is 11.5 Å². The van der Waals surface area contributed by atoms with Crippen molar-refractivity contribution in [3.05, 3.63) is 68.3 Å². The number of hydrogen-bond acceptors (Lipinski definition) is 7. The topological polar surface area (TPSA) is 125 Å². The summed E-state index contributed by atoms with van der Waals surface area (Å²) in [5, 5.41) is 23.5. The summed E-state index contributed by atoms with van der Waals surface area (Å²) in [5.41, 5.74) is -0.330. The van der Waals surface area contributed by atoms with Gasteiger partial charge >= 0.3 is 6.18 Å². The van der Waals surface area contributed by atoms with Gasteiger partial charge in [-0.15, -0.1) is 0 Å². The Kier molecular flexibility index (Phi) is 10.7. The SMILES string of the molecule is COc1cc(C=O)cc(I)c1O[C@H]1C=C(C(=O)NCCO)C[C@@H](N(C(=O)c2ccc(C(F)(F)F)cc2)C2CCCC2)[C@@H]1O. The maximum absolute atomic E-state index is 14.0. The van der Waals surface area contributed by atoms with E-state index in [1.165, 1.54) is 24.2 Å². The van der Waals surface area contributed by atoms with Gasteiger partial charge in [0.15, 0.2) is 11.5 Å². The number of amides is 2. The molecule has 3 N–H and O–H groups in total. The predicted molar refractivity (Wildman–Crippen MR) is 158 cm³/mol. The van der Waals surface area contributed by atoms with Crippen molar-refractivity contribution < 1.29 is 47.2 Å². The Hall–Kier alpha value is -3.17. The molecule has 43 heavy (non-hydrogen) atoms. The predicted octanol–water partition coefficient (Wildman–Crippen LogP) is 4.13. The van der Waals surface area contributed by atoms with Crippen LogP contribution in [0.3, 0.4) is 0 Å². The van der Waals surface area contributed by atoms with Crippen LogP contribution >= 0.6 is 22.6 Å². The van der Waals surface area contributed by atoms with Crippen molar-refractivity contribution in [1.82, 2.24) is 10.2 Å². The normalized spacial score (nSPS) is 20.7. The number of ether oxygens (including phenoxy) is 2. The van der Waals surface area contributed by atoms with Gasteiger partial charge in [0.1, 0.15) is 18.5 Å². The molecule has 0 radical (unpaired) electrons. The van der Waals surface area contributed by atoms with E-state index >= 15 is 0 Å². The zero-order valence-electron chi connectivity index (χ0n) is 23.3. The number of aldehydes is 1. The third-order valence-electron chi connectivity index (χ3n) is 7.63. The van der Waals surface area contributed by atoms with E-state index < -0.39 is 41.8 Å². The number of aliphatic hydroxyl groups excluding tert-OH is 2. The van der Waals surface area contributed by atoms with Crippen molar-refractivity contribution in [3.8, 4) is 11.5 Å². The molecule has 0 spiro atoms. The van der Waals surface area contributed by atoms with Crippen LogP contribution in [-0.2, 0) is 11.0 Å². The second kappa shape index (κ2) is 14.1. The zero-order valence-corrected chi connectivity index (χ0v) is 25.4. The number of nitrogens with one attached hydrogen (secondary N) is 1. The lowest BCUT2D eigenvalue weighted by atomic mass is 9.86. The summed E-state index contributed by atoms with van der Waals surface area (Å²) >= 11 is 1.96. The van der Waals surface area contributed by atoms with Gasteiger partial charge in [-0.25, -0.2) is 0 Å². The van der Waals surface area contributed by atoms with Gasteiger partial charge in [0, 0.05) is 35.7 Å². The summed E-state index contributed by atoms with van der Waals surface area (Å²) < 4.78 is 51.7. The average molecular weight is 716 g/mol. The molecule has 0 aromatic heterocycles. The molecule has 0 aliphatic heterocycles. The first-order valence-corrected chi connectivity index (χ1v) is 14.8. The Balaban J connectivity index is 1.74. The van der Waals surface area contributed by atoms with Crippen molar-refractivity contribution in [2.45, 2.75) is 62.6 Å².